The first-order chi connectivity index (χ1) is 15.1. The molecule has 3 aromatic rings. The minimum Gasteiger partial charge on any atom is -0.495 e. The first-order valence-corrected chi connectivity index (χ1v) is 12.4. The van der Waals surface area contributed by atoms with E-state index in [2.05, 4.69) is 15.0 Å². The van der Waals surface area contributed by atoms with E-state index >= 15 is 0 Å². The molecule has 0 bridgehead atoms. The molecule has 2 N–H and O–H groups in total. The molecule has 0 fully saturated rings. The van der Waals surface area contributed by atoms with Crippen LogP contribution in [-0.2, 0) is 14.8 Å². The molecule has 3 rings (SSSR count). The van der Waals surface area contributed by atoms with Crippen LogP contribution in [0.3, 0.4) is 0 Å². The number of fused-ring (bicyclic) bond motifs is 1. The van der Waals surface area contributed by atoms with E-state index < -0.39 is 22.0 Å². The van der Waals surface area contributed by atoms with Gasteiger partial charge in [0.1, 0.15) is 17.5 Å². The van der Waals surface area contributed by atoms with Crippen LogP contribution in [0, 0.1) is 12.8 Å². The number of thiazole rings is 1. The largest absolute Gasteiger partial charge is 0.495 e. The normalized spacial score (nSPS) is 12.7. The summed E-state index contributed by atoms with van der Waals surface area (Å²) in [6.07, 6.45) is 0. The predicted molar refractivity (Wildman–Crippen MR) is 126 cm³/mol. The Labute approximate surface area is 196 Å². The Morgan fingerprint density at radius 1 is 1.12 bits per heavy atom. The van der Waals surface area contributed by atoms with Gasteiger partial charge in [-0.05, 0) is 37.1 Å². The third-order valence-electron chi connectivity index (χ3n) is 4.74. The van der Waals surface area contributed by atoms with Gasteiger partial charge in [0.25, 0.3) is 0 Å². The summed E-state index contributed by atoms with van der Waals surface area (Å²) in [6.45, 7) is 5.36. The lowest BCUT2D eigenvalue weighted by Crippen LogP contribution is -2.47. The smallest absolute Gasteiger partial charge is 0.242 e. The quantitative estimate of drug-likeness (QED) is 0.482. The summed E-state index contributed by atoms with van der Waals surface area (Å²) in [7, 11) is -1.06. The molecule has 0 aliphatic heterocycles. The number of aromatic nitrogens is 1. The number of nitrogens with one attached hydrogen (secondary N) is 2. The third kappa shape index (κ3) is 5.15. The Bertz CT molecular complexity index is 1260. The predicted octanol–water partition coefficient (Wildman–Crippen LogP) is 4.22. The van der Waals surface area contributed by atoms with Gasteiger partial charge in [-0.2, -0.15) is 4.72 Å². The van der Waals surface area contributed by atoms with Gasteiger partial charge in [-0.1, -0.05) is 25.4 Å². The number of benzene rings is 2. The minimum atomic E-state index is -3.97. The molecule has 0 aliphatic rings. The first kappa shape index (κ1) is 24.2. The standard InChI is InChI=1S/C21H24ClN3O5S2/c1-11(2)20(21(26)24-16-9-14(22)17(29-4)10-18(16)30-5)25-32(27,28)13-6-7-15-19(8-13)31-12(3)23-15/h6-11,20,25H,1-5H3,(H,24,26)/t20-/m0/s1. The van der Waals surface area contributed by atoms with Crippen LogP contribution in [0.2, 0.25) is 5.02 Å². The van der Waals surface area contributed by atoms with E-state index in [1.165, 1.54) is 37.7 Å². The molecule has 0 radical (unpaired) electrons. The molecule has 0 aliphatic carbocycles. The Balaban J connectivity index is 1.87. The average molecular weight is 498 g/mol. The van der Waals surface area contributed by atoms with Crippen molar-refractivity contribution in [3.63, 3.8) is 0 Å². The Morgan fingerprint density at radius 2 is 1.81 bits per heavy atom. The van der Waals surface area contributed by atoms with Gasteiger partial charge in [0, 0.05) is 6.07 Å². The van der Waals surface area contributed by atoms with Crippen molar-refractivity contribution in [3.8, 4) is 11.5 Å². The van der Waals surface area contributed by atoms with E-state index in [0.29, 0.717) is 17.2 Å². The van der Waals surface area contributed by atoms with E-state index in [4.69, 9.17) is 21.1 Å². The van der Waals surface area contributed by atoms with Crippen LogP contribution >= 0.6 is 22.9 Å². The fourth-order valence-corrected chi connectivity index (χ4v) is 5.63. The van der Waals surface area contributed by atoms with Crippen LogP contribution in [0.4, 0.5) is 5.69 Å². The number of hydrogen-bond donors (Lipinski definition) is 2. The van der Waals surface area contributed by atoms with Crippen molar-refractivity contribution in [2.75, 3.05) is 19.5 Å². The molecule has 0 saturated heterocycles. The second-order valence-corrected chi connectivity index (χ2v) is 10.7. The van der Waals surface area contributed by atoms with Gasteiger partial charge in [-0.25, -0.2) is 13.4 Å². The second-order valence-electron chi connectivity index (χ2n) is 7.38. The molecule has 0 saturated carbocycles. The van der Waals surface area contributed by atoms with Gasteiger partial charge in [0.2, 0.25) is 15.9 Å². The number of carbonyl (C=O) groups is 1. The van der Waals surface area contributed by atoms with Crippen molar-refractivity contribution in [2.24, 2.45) is 5.92 Å². The number of aryl methyl sites for hydroxylation is 1. The molecule has 1 atom stereocenters. The van der Waals surface area contributed by atoms with E-state index in [9.17, 15) is 13.2 Å². The lowest BCUT2D eigenvalue weighted by molar-refractivity contribution is -0.118. The number of nitrogens with zero attached hydrogens (tertiary/aromatic N) is 1. The minimum absolute atomic E-state index is 0.0668. The van der Waals surface area contributed by atoms with E-state index in [0.717, 1.165) is 15.2 Å². The summed E-state index contributed by atoms with van der Waals surface area (Å²) < 4.78 is 39.8. The van der Waals surface area contributed by atoms with Crippen molar-refractivity contribution in [2.45, 2.75) is 31.7 Å². The number of hydrogen-bond acceptors (Lipinski definition) is 7. The lowest BCUT2D eigenvalue weighted by Gasteiger charge is -2.22. The third-order valence-corrected chi connectivity index (χ3v) is 7.41. The number of anilines is 1. The van der Waals surface area contributed by atoms with Gasteiger partial charge in [0.15, 0.2) is 0 Å². The Hall–Kier alpha value is -2.40. The molecule has 172 valence electrons. The highest BCUT2D eigenvalue weighted by Crippen LogP contribution is 2.36. The van der Waals surface area contributed by atoms with Gasteiger partial charge >= 0.3 is 0 Å². The van der Waals surface area contributed by atoms with Crippen molar-refractivity contribution in [3.05, 3.63) is 40.4 Å². The topological polar surface area (TPSA) is 107 Å². The van der Waals surface area contributed by atoms with Crippen LogP contribution in [0.15, 0.2) is 35.2 Å². The van der Waals surface area contributed by atoms with Gasteiger partial charge in [-0.15, -0.1) is 11.3 Å². The summed E-state index contributed by atoms with van der Waals surface area (Å²) in [6, 6.07) is 6.68. The summed E-state index contributed by atoms with van der Waals surface area (Å²) in [5.41, 5.74) is 1.03. The molecular formula is C21H24ClN3O5S2. The number of halogens is 1. The van der Waals surface area contributed by atoms with Gasteiger partial charge in [-0.3, -0.25) is 4.79 Å². The number of ether oxygens (including phenoxy) is 2. The highest BCUT2D eigenvalue weighted by molar-refractivity contribution is 7.89. The number of carbonyl (C=O) groups excluding carboxylic acids is 1. The first-order valence-electron chi connectivity index (χ1n) is 9.67. The number of sulfonamides is 1. The zero-order valence-corrected chi connectivity index (χ0v) is 20.6. The fraction of sp³-hybridized carbons (Fsp3) is 0.333. The molecule has 0 unspecified atom stereocenters. The molecule has 1 heterocycles. The Kier molecular flexibility index (Phi) is 7.29. The summed E-state index contributed by atoms with van der Waals surface area (Å²) in [5, 5.41) is 3.82. The maximum atomic E-state index is 13.0. The number of methoxy groups -OCH3 is 2. The molecule has 0 spiro atoms. The molecule has 2 aromatic carbocycles. The molecule has 32 heavy (non-hydrogen) atoms. The van der Waals surface area contributed by atoms with E-state index in [1.807, 2.05) is 6.92 Å². The van der Waals surface area contributed by atoms with Gasteiger partial charge in [0.05, 0.1) is 45.0 Å². The lowest BCUT2D eigenvalue weighted by atomic mass is 10.0. The monoisotopic (exact) mass is 497 g/mol. The maximum Gasteiger partial charge on any atom is 0.242 e. The van der Waals surface area contributed by atoms with E-state index in [1.54, 1.807) is 32.0 Å². The fourth-order valence-electron chi connectivity index (χ4n) is 3.08. The van der Waals surface area contributed by atoms with Crippen LogP contribution in [0.5, 0.6) is 11.5 Å². The van der Waals surface area contributed by atoms with Crippen LogP contribution < -0.4 is 19.5 Å². The summed E-state index contributed by atoms with van der Waals surface area (Å²) >= 11 is 7.58. The molecule has 1 aromatic heterocycles. The summed E-state index contributed by atoms with van der Waals surface area (Å²) in [4.78, 5) is 17.4. The van der Waals surface area contributed by atoms with Crippen molar-refractivity contribution in [1.82, 2.24) is 9.71 Å². The molecule has 11 heteroatoms. The van der Waals surface area contributed by atoms with Crippen molar-refractivity contribution in [1.29, 1.82) is 0 Å². The molecular weight excluding hydrogens is 474 g/mol. The molecule has 8 nitrogen and oxygen atoms in total. The van der Waals surface area contributed by atoms with Gasteiger partial charge < -0.3 is 14.8 Å². The summed E-state index contributed by atoms with van der Waals surface area (Å²) in [5.74, 6) is -0.163. The average Bonchev–Trinajstić information content (AvgIpc) is 3.11. The highest BCUT2D eigenvalue weighted by Gasteiger charge is 2.29. The van der Waals surface area contributed by atoms with Crippen molar-refractivity contribution < 1.29 is 22.7 Å². The Morgan fingerprint density at radius 3 is 2.44 bits per heavy atom. The van der Waals surface area contributed by atoms with Crippen LogP contribution in [-0.4, -0.2) is 39.6 Å². The highest BCUT2D eigenvalue weighted by atomic mass is 35.5. The van der Waals surface area contributed by atoms with E-state index in [-0.39, 0.29) is 15.8 Å². The zero-order valence-electron chi connectivity index (χ0n) is 18.2. The zero-order chi connectivity index (χ0) is 23.6. The molecule has 1 amide bonds. The SMILES string of the molecule is COc1cc(OC)c(NC(=O)[C@@H](NS(=O)(=O)c2ccc3nc(C)sc3c2)C(C)C)cc1Cl. The van der Waals surface area contributed by atoms with Crippen molar-refractivity contribution >= 4 is 54.8 Å². The second kappa shape index (κ2) is 9.62. The van der Waals surface area contributed by atoms with Crippen LogP contribution in [0.1, 0.15) is 18.9 Å². The number of rotatable bonds is 8. The van der Waals surface area contributed by atoms with Crippen LogP contribution in [0.25, 0.3) is 10.2 Å². The maximum absolute atomic E-state index is 13.0. The number of amides is 1.